The summed E-state index contributed by atoms with van der Waals surface area (Å²) < 4.78 is 1.26. The number of carbonyl (C=O) groups excluding carboxylic acids is 3. The molecule has 3 N–H and O–H groups in total. The van der Waals surface area contributed by atoms with Gasteiger partial charge in [-0.25, -0.2) is 17.4 Å². The number of nitrogens with zero attached hydrogens (tertiary/aromatic N) is 7. The molecule has 8 aromatic heterocycles. The second kappa shape index (κ2) is 57.9. The predicted molar refractivity (Wildman–Crippen MR) is 529 cm³/mol. The maximum Gasteiger partial charge on any atom is 0.155 e. The molecule has 687 valence electrons. The number of para-hydroxylation sites is 2. The van der Waals surface area contributed by atoms with Crippen molar-refractivity contribution < 1.29 is 130 Å². The van der Waals surface area contributed by atoms with Gasteiger partial charge in [-0.2, -0.15) is 5.57 Å². The molecule has 0 bridgehead atoms. The van der Waals surface area contributed by atoms with Gasteiger partial charge < -0.3 is 50.2 Å². The van der Waals surface area contributed by atoms with E-state index >= 15 is 0 Å². The van der Waals surface area contributed by atoms with Gasteiger partial charge in [-0.15, -0.1) is 186 Å². The molecule has 134 heavy (non-hydrogen) atoms. The van der Waals surface area contributed by atoms with Crippen LogP contribution in [0.15, 0.2) is 388 Å². The van der Waals surface area contributed by atoms with E-state index in [1.54, 1.807) is 23.7 Å². The first-order chi connectivity index (χ1) is 62.7. The Morgan fingerprint density at radius 2 is 0.888 bits per heavy atom. The van der Waals surface area contributed by atoms with E-state index in [0.717, 1.165) is 90.9 Å². The second-order valence-electron chi connectivity index (χ2n) is 30.1. The molecule has 0 unspecified atom stereocenters. The van der Waals surface area contributed by atoms with E-state index in [1.807, 2.05) is 226 Å². The fourth-order valence-corrected chi connectivity index (χ4v) is 14.8. The molecule has 13 nitrogen and oxygen atoms in total. The molecule has 0 atom stereocenters. The Morgan fingerprint density at radius 3 is 1.40 bits per heavy atom. The number of aromatic nitrogens is 7. The number of rotatable bonds is 10. The van der Waals surface area contributed by atoms with E-state index in [0.29, 0.717) is 0 Å². The molecule has 19 heteroatoms. The van der Waals surface area contributed by atoms with Gasteiger partial charge in [-0.1, -0.05) is 225 Å². The number of pyridine rings is 7. The molecule has 20 rings (SSSR count). The van der Waals surface area contributed by atoms with Crippen LogP contribution in [0.5, 0.6) is 0 Å². The molecule has 0 fully saturated rings. The molecule has 10 aromatic carbocycles. The summed E-state index contributed by atoms with van der Waals surface area (Å²) in [5, 5.41) is 33.4. The quantitative estimate of drug-likeness (QED) is 0.0664. The van der Waals surface area contributed by atoms with Gasteiger partial charge in [-0.3, -0.25) is 26.5 Å². The number of aliphatic hydroxyl groups is 3. The molecule has 5 radical (unpaired) electrons. The van der Waals surface area contributed by atoms with Crippen LogP contribution in [0.2, 0.25) is 0 Å². The first kappa shape index (κ1) is 110. The topological polar surface area (TPSA) is 202 Å². The minimum atomic E-state index is -0.125. The number of thiophene rings is 1. The van der Waals surface area contributed by atoms with Crippen molar-refractivity contribution in [1.82, 2.24) is 34.9 Å². The van der Waals surface area contributed by atoms with Crippen LogP contribution in [0, 0.1) is 42.5 Å². The molecule has 8 heterocycles. The average Bonchev–Trinajstić information content (AvgIpc) is 1.58. The zero-order valence-electron chi connectivity index (χ0n) is 75.2. The summed E-state index contributed by atoms with van der Waals surface area (Å²) in [5.74, 6) is -0.187. The van der Waals surface area contributed by atoms with E-state index in [1.165, 1.54) is 136 Å². The smallest absolute Gasteiger partial charge is 0.155 e. The normalized spacial score (nSPS) is 11.5. The zero-order chi connectivity index (χ0) is 91.1. The molecule has 18 aromatic rings. The number of hydrogen-bond acceptors (Lipinski definition) is 14. The minimum absolute atomic E-state index is 0. The number of fused-ring (bicyclic) bond motifs is 8. The number of ketones is 3. The van der Waals surface area contributed by atoms with Crippen LogP contribution in [0.4, 0.5) is 0 Å². The van der Waals surface area contributed by atoms with Gasteiger partial charge in [0.2, 0.25) is 0 Å². The van der Waals surface area contributed by atoms with Crippen molar-refractivity contribution in [2.75, 3.05) is 0 Å². The Labute approximate surface area is 857 Å². The van der Waals surface area contributed by atoms with Gasteiger partial charge in [0.05, 0.1) is 17.3 Å². The number of carbonyl (C=O) groups is 3. The molecule has 0 aliphatic heterocycles. The third kappa shape index (κ3) is 34.3. The summed E-state index contributed by atoms with van der Waals surface area (Å²) in [5.41, 5.74) is 20.0. The molecule has 0 spiro atoms. The van der Waals surface area contributed by atoms with Crippen molar-refractivity contribution in [3.05, 3.63) is 453 Å². The Bertz CT molecular complexity index is 6620. The van der Waals surface area contributed by atoms with Gasteiger partial charge in [-0.05, 0) is 154 Å². The van der Waals surface area contributed by atoms with E-state index < -0.39 is 0 Å². The van der Waals surface area contributed by atoms with Gasteiger partial charge >= 0.3 is 0 Å². The Hall–Kier alpha value is -12.4. The van der Waals surface area contributed by atoms with Crippen molar-refractivity contribution in [3.8, 4) is 66.7 Å². The fraction of sp³-hybridized carbons (Fsp3) is 0.113. The van der Waals surface area contributed by atoms with Gasteiger partial charge in [0.25, 0.3) is 0 Å². The number of benzene rings is 10. The molecular formula is C115H98Ir5N7O6S-7. The van der Waals surface area contributed by atoms with Crippen molar-refractivity contribution in [3.63, 3.8) is 0 Å². The van der Waals surface area contributed by atoms with Crippen LogP contribution < -0.4 is 0 Å². The summed E-state index contributed by atoms with van der Waals surface area (Å²) >= 11 is 1.73. The number of aliphatic hydroxyl groups excluding tert-OH is 3. The van der Waals surface area contributed by atoms with E-state index in [-0.39, 0.29) is 141 Å². The maximum absolute atomic E-state index is 10.0. The van der Waals surface area contributed by atoms with Crippen LogP contribution in [0.1, 0.15) is 104 Å². The molecule has 2 aliphatic carbocycles. The zero-order valence-corrected chi connectivity index (χ0v) is 88.0. The van der Waals surface area contributed by atoms with Crippen LogP contribution in [0.3, 0.4) is 0 Å². The third-order valence-electron chi connectivity index (χ3n) is 19.6. The van der Waals surface area contributed by atoms with E-state index in [9.17, 15) is 14.4 Å². The first-order valence-electron chi connectivity index (χ1n) is 42.0. The van der Waals surface area contributed by atoms with Crippen molar-refractivity contribution >= 4 is 93.8 Å². The van der Waals surface area contributed by atoms with Crippen LogP contribution in [-0.4, -0.2) is 67.6 Å². The predicted octanol–water partition coefficient (Wildman–Crippen LogP) is 28.3. The fourth-order valence-electron chi connectivity index (χ4n) is 13.8. The molecule has 0 saturated heterocycles. The van der Waals surface area contributed by atoms with Crippen molar-refractivity contribution in [1.29, 1.82) is 0 Å². The SMILES string of the molecule is CC(=O)C=C(C)O.CC(=O)C=C(C)O.CC(=O)C=C(C)O.CC1(C)c2ccccc2-c2c[c-]c(-c3cc4ccccc4cn3)cc21.C[C-]=Cc1ccc2ccccc2n1.[C-]1=C(c2ccc3ccccc3n2)CCC1.[Ir].[Ir].[Ir].[Ir].[Ir].[c-]1c(-c2ccccn2)sc2ccccc12.[c-]1ccccc1-c1ccccn1.[c-]1ccccc1-c1ccccn1.[c-]1ccccc1-c1nccc2ccccc12. The summed E-state index contributed by atoms with van der Waals surface area (Å²) in [6, 6.07) is 124. The summed E-state index contributed by atoms with van der Waals surface area (Å²) in [7, 11) is 0. The summed E-state index contributed by atoms with van der Waals surface area (Å²) in [6.07, 6.45) is 24.4. The van der Waals surface area contributed by atoms with Gasteiger partial charge in [0.15, 0.2) is 17.3 Å². The van der Waals surface area contributed by atoms with Crippen molar-refractivity contribution in [2.24, 2.45) is 0 Å². The van der Waals surface area contributed by atoms with E-state index in [4.69, 9.17) is 15.3 Å². The molecule has 0 saturated carbocycles. The number of hydrogen-bond donors (Lipinski definition) is 3. The minimum Gasteiger partial charge on any atom is -0.512 e. The van der Waals surface area contributed by atoms with Crippen LogP contribution in [0.25, 0.3) is 132 Å². The third-order valence-corrected chi connectivity index (χ3v) is 20.7. The van der Waals surface area contributed by atoms with Crippen molar-refractivity contribution in [2.45, 2.75) is 87.0 Å². The summed E-state index contributed by atoms with van der Waals surface area (Å²) in [6.45, 7) is 15.0. The van der Waals surface area contributed by atoms with Gasteiger partial charge in [0, 0.05) is 166 Å². The Kier molecular flexibility index (Phi) is 47.7. The molecule has 2 aliphatic rings. The average molecular weight is 2670 g/mol. The Morgan fingerprint density at radius 1 is 0.403 bits per heavy atom. The molecule has 0 amide bonds. The summed E-state index contributed by atoms with van der Waals surface area (Å²) in [4.78, 5) is 62.1. The van der Waals surface area contributed by atoms with E-state index in [2.05, 4.69) is 219 Å². The monoisotopic (exact) mass is 2670 g/mol. The van der Waals surface area contributed by atoms with Gasteiger partial charge in [0.1, 0.15) is 0 Å². The molecular weight excluding hydrogens is 2570 g/mol. The standard InChI is InChI=1S/C24H18N.C15H10N.C14H12N.C13H8NS.C12H10N.2C11H8N.3C5H8O2.5Ir/c1-24(2)21-10-6-5-9-19(21)20-12-11-17(13-22(20)24)23-14-16-7-3-4-8-18(16)15-25-23;1-2-7-13(8-3-1)15-14-9-5-4-6-12(14)10-11-16-15;1-2-6-11(5-1)14-10-9-12-7-3-4-8-13(12)15-14;1-2-7-12-10(5-1)9-13(15-12)11-6-3-4-8-14-11;1-2-5-11-9-8-10-6-3-4-7-12(10)13-11;2*1-2-6-10(7-3-1)11-8-4-5-9-12-11;3*1-4(6)3-5(2)7;;;;;/h3-10,12-15H,1-2H3;1-7,9-11H;3-4,7-10H,1-2,5H2;1-8H;3-9H,1H3;2*1-6,8-9H;3*3,6H,1-2H3;;;;;/q7*-1;;;;;;;;. The Balaban J connectivity index is 0.000000233. The van der Waals surface area contributed by atoms with Crippen LogP contribution in [-0.2, 0) is 120 Å². The number of allylic oxidation sites excluding steroid dienone is 9. The largest absolute Gasteiger partial charge is 0.512 e. The van der Waals surface area contributed by atoms with Crippen LogP contribution >= 0.6 is 11.3 Å². The second-order valence-corrected chi connectivity index (χ2v) is 31.2. The maximum atomic E-state index is 10.0. The first-order valence-corrected chi connectivity index (χ1v) is 42.9.